The third-order valence-electron chi connectivity index (χ3n) is 2.53. The highest BCUT2D eigenvalue weighted by atomic mass is 32.2. The molecule has 0 aromatic heterocycles. The van der Waals surface area contributed by atoms with Crippen LogP contribution in [0.4, 0.5) is 5.69 Å². The Bertz CT molecular complexity index is 519. The summed E-state index contributed by atoms with van der Waals surface area (Å²) < 4.78 is 30.6. The predicted octanol–water partition coefficient (Wildman–Crippen LogP) is 2.14. The SMILES string of the molecule is CCC1C=Nc2cc(S(=O)(=O)O)ccc21. The molecule has 0 bridgehead atoms. The van der Waals surface area contributed by atoms with E-state index < -0.39 is 10.1 Å². The number of hydrogen-bond acceptors (Lipinski definition) is 3. The first kappa shape index (κ1) is 10.3. The van der Waals surface area contributed by atoms with Gasteiger partial charge in [-0.3, -0.25) is 9.55 Å². The molecule has 0 spiro atoms. The van der Waals surface area contributed by atoms with E-state index in [1.807, 2.05) is 6.92 Å². The molecule has 15 heavy (non-hydrogen) atoms. The Morgan fingerprint density at radius 2 is 2.20 bits per heavy atom. The van der Waals surface area contributed by atoms with Crippen LogP contribution in [0.2, 0.25) is 0 Å². The molecule has 1 aromatic rings. The van der Waals surface area contributed by atoms with Crippen LogP contribution in [0.3, 0.4) is 0 Å². The molecule has 1 aliphatic rings. The van der Waals surface area contributed by atoms with Crippen LogP contribution >= 0.6 is 0 Å². The highest BCUT2D eigenvalue weighted by molar-refractivity contribution is 7.85. The molecule has 0 radical (unpaired) electrons. The van der Waals surface area contributed by atoms with Crippen molar-refractivity contribution in [1.82, 2.24) is 0 Å². The molecule has 1 heterocycles. The van der Waals surface area contributed by atoms with E-state index in [-0.39, 0.29) is 10.8 Å². The van der Waals surface area contributed by atoms with Gasteiger partial charge in [-0.15, -0.1) is 0 Å². The van der Waals surface area contributed by atoms with Gasteiger partial charge in [-0.25, -0.2) is 0 Å². The van der Waals surface area contributed by atoms with Crippen molar-refractivity contribution in [2.75, 3.05) is 0 Å². The fourth-order valence-corrected chi connectivity index (χ4v) is 2.19. The average molecular weight is 225 g/mol. The van der Waals surface area contributed by atoms with Gasteiger partial charge in [-0.2, -0.15) is 8.42 Å². The zero-order valence-corrected chi connectivity index (χ0v) is 9.03. The van der Waals surface area contributed by atoms with Crippen molar-refractivity contribution in [3.8, 4) is 0 Å². The van der Waals surface area contributed by atoms with Crippen LogP contribution in [0.15, 0.2) is 28.1 Å². The maximum absolute atomic E-state index is 10.9. The third-order valence-corrected chi connectivity index (χ3v) is 3.38. The second-order valence-corrected chi connectivity index (χ2v) is 4.91. The topological polar surface area (TPSA) is 66.7 Å². The van der Waals surface area contributed by atoms with Crippen molar-refractivity contribution in [3.05, 3.63) is 23.8 Å². The van der Waals surface area contributed by atoms with Gasteiger partial charge in [0.25, 0.3) is 10.1 Å². The summed E-state index contributed by atoms with van der Waals surface area (Å²) in [6.07, 6.45) is 2.74. The fraction of sp³-hybridized carbons (Fsp3) is 0.300. The molecule has 1 aliphatic heterocycles. The second-order valence-electron chi connectivity index (χ2n) is 3.49. The number of aliphatic imine (C=N–C) groups is 1. The molecule has 4 nitrogen and oxygen atoms in total. The van der Waals surface area contributed by atoms with Crippen LogP contribution in [0.25, 0.3) is 0 Å². The summed E-state index contributed by atoms with van der Waals surface area (Å²) in [5, 5.41) is 0. The smallest absolute Gasteiger partial charge is 0.282 e. The first-order valence-corrected chi connectivity index (χ1v) is 6.12. The number of nitrogens with zero attached hydrogens (tertiary/aromatic N) is 1. The highest BCUT2D eigenvalue weighted by Crippen LogP contribution is 2.35. The van der Waals surface area contributed by atoms with E-state index in [9.17, 15) is 8.42 Å². The van der Waals surface area contributed by atoms with E-state index >= 15 is 0 Å². The lowest BCUT2D eigenvalue weighted by atomic mass is 9.99. The van der Waals surface area contributed by atoms with Gasteiger partial charge in [-0.1, -0.05) is 13.0 Å². The van der Waals surface area contributed by atoms with Crippen molar-refractivity contribution in [3.63, 3.8) is 0 Å². The predicted molar refractivity (Wildman–Crippen MR) is 57.4 cm³/mol. The number of rotatable bonds is 2. The van der Waals surface area contributed by atoms with Gasteiger partial charge in [0, 0.05) is 12.1 Å². The van der Waals surface area contributed by atoms with Gasteiger partial charge in [0.05, 0.1) is 10.6 Å². The molecule has 1 atom stereocenters. The second kappa shape index (κ2) is 3.43. The standard InChI is InChI=1S/C10H11NO3S/c1-2-7-6-11-10-5-8(15(12,13)14)3-4-9(7)10/h3-7H,2H2,1H3,(H,12,13,14). The van der Waals surface area contributed by atoms with Crippen LogP contribution in [-0.4, -0.2) is 19.2 Å². The molecular weight excluding hydrogens is 214 g/mol. The molecule has 1 unspecified atom stereocenters. The molecule has 0 amide bonds. The van der Waals surface area contributed by atoms with E-state index in [2.05, 4.69) is 4.99 Å². The minimum atomic E-state index is -4.12. The van der Waals surface area contributed by atoms with Gasteiger partial charge in [0.15, 0.2) is 0 Å². The molecular formula is C10H11NO3S. The molecule has 80 valence electrons. The number of fused-ring (bicyclic) bond motifs is 1. The molecule has 1 aromatic carbocycles. The summed E-state index contributed by atoms with van der Waals surface area (Å²) in [6.45, 7) is 2.04. The summed E-state index contributed by atoms with van der Waals surface area (Å²) in [5.41, 5.74) is 1.65. The molecule has 1 N–H and O–H groups in total. The quantitative estimate of drug-likeness (QED) is 0.784. The fourth-order valence-electron chi connectivity index (χ4n) is 1.69. The Kier molecular flexibility index (Phi) is 2.36. The summed E-state index contributed by atoms with van der Waals surface area (Å²) >= 11 is 0. The van der Waals surface area contributed by atoms with Crippen LogP contribution < -0.4 is 0 Å². The van der Waals surface area contributed by atoms with E-state index in [0.29, 0.717) is 5.69 Å². The lowest BCUT2D eigenvalue weighted by Gasteiger charge is -2.06. The molecule has 5 heteroatoms. The van der Waals surface area contributed by atoms with Crippen LogP contribution in [0, 0.1) is 0 Å². The van der Waals surface area contributed by atoms with Crippen molar-refractivity contribution in [1.29, 1.82) is 0 Å². The third kappa shape index (κ3) is 1.80. The highest BCUT2D eigenvalue weighted by Gasteiger charge is 2.19. The first-order chi connectivity index (χ1) is 7.02. The lowest BCUT2D eigenvalue weighted by Crippen LogP contribution is -1.99. The average Bonchev–Trinajstić information content (AvgIpc) is 2.58. The number of benzene rings is 1. The van der Waals surface area contributed by atoms with E-state index in [1.54, 1.807) is 12.3 Å². The summed E-state index contributed by atoms with van der Waals surface area (Å²) in [7, 11) is -4.12. The zero-order chi connectivity index (χ0) is 11.1. The molecule has 0 aliphatic carbocycles. The van der Waals surface area contributed by atoms with Gasteiger partial charge < -0.3 is 0 Å². The van der Waals surface area contributed by atoms with E-state index in [1.165, 1.54) is 12.1 Å². The first-order valence-electron chi connectivity index (χ1n) is 4.68. The van der Waals surface area contributed by atoms with Crippen LogP contribution in [0.1, 0.15) is 24.8 Å². The summed E-state index contributed by atoms with van der Waals surface area (Å²) in [4.78, 5) is 4.02. The summed E-state index contributed by atoms with van der Waals surface area (Å²) in [6, 6.07) is 4.52. The van der Waals surface area contributed by atoms with Crippen molar-refractivity contribution >= 4 is 22.0 Å². The molecule has 0 fully saturated rings. The normalized spacial score (nSPS) is 19.2. The Labute approximate surface area is 88.4 Å². The van der Waals surface area contributed by atoms with Gasteiger partial charge in [-0.05, 0) is 24.1 Å². The monoisotopic (exact) mass is 225 g/mol. The van der Waals surface area contributed by atoms with Crippen molar-refractivity contribution in [2.24, 2.45) is 4.99 Å². The van der Waals surface area contributed by atoms with Gasteiger partial charge >= 0.3 is 0 Å². The van der Waals surface area contributed by atoms with E-state index in [4.69, 9.17) is 4.55 Å². The maximum Gasteiger partial charge on any atom is 0.294 e. The van der Waals surface area contributed by atoms with Crippen LogP contribution in [0.5, 0.6) is 0 Å². The lowest BCUT2D eigenvalue weighted by molar-refractivity contribution is 0.483. The Morgan fingerprint density at radius 1 is 1.47 bits per heavy atom. The van der Waals surface area contributed by atoms with E-state index in [0.717, 1.165) is 12.0 Å². The minimum Gasteiger partial charge on any atom is -0.282 e. The maximum atomic E-state index is 10.9. The Morgan fingerprint density at radius 3 is 2.80 bits per heavy atom. The van der Waals surface area contributed by atoms with Gasteiger partial charge in [0.1, 0.15) is 0 Å². The van der Waals surface area contributed by atoms with Crippen LogP contribution in [-0.2, 0) is 10.1 Å². The Balaban J connectivity index is 2.51. The molecule has 0 saturated carbocycles. The zero-order valence-electron chi connectivity index (χ0n) is 8.21. The van der Waals surface area contributed by atoms with Gasteiger partial charge in [0.2, 0.25) is 0 Å². The molecule has 0 saturated heterocycles. The largest absolute Gasteiger partial charge is 0.294 e. The molecule has 2 rings (SSSR count). The Hall–Kier alpha value is -1.20. The van der Waals surface area contributed by atoms with Crippen molar-refractivity contribution < 1.29 is 13.0 Å². The summed E-state index contributed by atoms with van der Waals surface area (Å²) in [5.74, 6) is 0.260. The minimum absolute atomic E-state index is 0.102. The van der Waals surface area contributed by atoms with Crippen molar-refractivity contribution in [2.45, 2.75) is 24.2 Å². The number of hydrogen-bond donors (Lipinski definition) is 1.